The summed E-state index contributed by atoms with van der Waals surface area (Å²) in [6.45, 7) is 5.67. The van der Waals surface area contributed by atoms with Gasteiger partial charge in [-0.25, -0.2) is 9.97 Å². The first-order valence-electron chi connectivity index (χ1n) is 12.3. The van der Waals surface area contributed by atoms with Crippen molar-refractivity contribution in [2.45, 2.75) is 26.2 Å². The fourth-order valence-electron chi connectivity index (χ4n) is 4.38. The number of aromatic amines is 2. The number of carbonyl (C=O) groups is 2. The lowest BCUT2D eigenvalue weighted by atomic mass is 9.93. The standard InChI is InChI=1S/C26H28BN7O3/c1-16-5-7-18(27)20(13-16)30-24(35)22-23(29-15-28-22)25(36)33-26-31-19-8-6-17(14-21(19)32-26)37-12-11-34-9-3-2-4-10-34/h5-8,13-15H,2-4,9-12H2,1H3,(H,28,29)(H,30,35)(H2,31,32,33,36). The normalized spacial score (nSPS) is 14.0. The van der Waals surface area contributed by atoms with Crippen molar-refractivity contribution in [2.75, 3.05) is 36.9 Å². The fraction of sp³-hybridized carbons (Fsp3) is 0.308. The average molecular weight is 497 g/mol. The van der Waals surface area contributed by atoms with Crippen LogP contribution in [0.25, 0.3) is 11.0 Å². The van der Waals surface area contributed by atoms with Gasteiger partial charge in [0.25, 0.3) is 11.8 Å². The number of nitrogens with zero attached hydrogens (tertiary/aromatic N) is 3. The van der Waals surface area contributed by atoms with Gasteiger partial charge >= 0.3 is 0 Å². The maximum Gasteiger partial charge on any atom is 0.276 e. The van der Waals surface area contributed by atoms with Crippen LogP contribution >= 0.6 is 0 Å². The molecule has 0 saturated carbocycles. The van der Waals surface area contributed by atoms with Crippen molar-refractivity contribution in [3.8, 4) is 5.75 Å². The van der Waals surface area contributed by atoms with Gasteiger partial charge in [0.15, 0.2) is 5.69 Å². The highest BCUT2D eigenvalue weighted by molar-refractivity contribution is 6.36. The van der Waals surface area contributed by atoms with Gasteiger partial charge in [-0.2, -0.15) is 0 Å². The Labute approximate surface area is 215 Å². The molecule has 1 aliphatic rings. The number of piperidine rings is 1. The van der Waals surface area contributed by atoms with Gasteiger partial charge in [0.05, 0.1) is 17.4 Å². The highest BCUT2D eigenvalue weighted by atomic mass is 16.5. The van der Waals surface area contributed by atoms with E-state index in [1.54, 1.807) is 12.1 Å². The van der Waals surface area contributed by atoms with E-state index in [4.69, 9.17) is 12.6 Å². The Morgan fingerprint density at radius 1 is 1.08 bits per heavy atom. The molecule has 4 N–H and O–H groups in total. The van der Waals surface area contributed by atoms with Crippen molar-refractivity contribution in [1.29, 1.82) is 0 Å². The molecule has 1 aliphatic heterocycles. The zero-order valence-corrected chi connectivity index (χ0v) is 20.6. The van der Waals surface area contributed by atoms with Gasteiger partial charge in [0, 0.05) is 18.3 Å². The van der Waals surface area contributed by atoms with E-state index in [9.17, 15) is 9.59 Å². The molecule has 10 nitrogen and oxygen atoms in total. The number of aryl methyl sites for hydroxylation is 1. The molecule has 3 heterocycles. The number of hydrogen-bond acceptors (Lipinski definition) is 6. The molecule has 2 amide bonds. The van der Waals surface area contributed by atoms with E-state index >= 15 is 0 Å². The van der Waals surface area contributed by atoms with Gasteiger partial charge in [-0.15, -0.1) is 0 Å². The minimum atomic E-state index is -0.558. The summed E-state index contributed by atoms with van der Waals surface area (Å²) < 4.78 is 5.93. The number of likely N-dealkylation sites (tertiary alicyclic amines) is 1. The van der Waals surface area contributed by atoms with E-state index in [1.165, 1.54) is 25.6 Å². The summed E-state index contributed by atoms with van der Waals surface area (Å²) in [6, 6.07) is 10.8. The van der Waals surface area contributed by atoms with Crippen molar-refractivity contribution in [2.24, 2.45) is 0 Å². The van der Waals surface area contributed by atoms with Crippen LogP contribution in [0.15, 0.2) is 42.7 Å². The van der Waals surface area contributed by atoms with Crippen LogP contribution in [0.5, 0.6) is 5.75 Å². The lowest BCUT2D eigenvalue weighted by Crippen LogP contribution is -2.33. The lowest BCUT2D eigenvalue weighted by Gasteiger charge is -2.26. The predicted octanol–water partition coefficient (Wildman–Crippen LogP) is 2.76. The molecule has 0 unspecified atom stereocenters. The molecule has 188 valence electrons. The van der Waals surface area contributed by atoms with Gasteiger partial charge in [0.2, 0.25) is 5.95 Å². The quantitative estimate of drug-likeness (QED) is 0.277. The molecule has 37 heavy (non-hydrogen) atoms. The largest absolute Gasteiger partial charge is 0.492 e. The van der Waals surface area contributed by atoms with Crippen LogP contribution in [0.2, 0.25) is 0 Å². The minimum Gasteiger partial charge on any atom is -0.492 e. The highest BCUT2D eigenvalue weighted by Gasteiger charge is 2.22. The third-order valence-corrected chi connectivity index (χ3v) is 6.35. The molecule has 0 aliphatic carbocycles. The Balaban J connectivity index is 1.23. The highest BCUT2D eigenvalue weighted by Crippen LogP contribution is 2.21. The summed E-state index contributed by atoms with van der Waals surface area (Å²) >= 11 is 0. The number of hydrogen-bond donors (Lipinski definition) is 4. The number of fused-ring (bicyclic) bond motifs is 1. The molecule has 11 heteroatoms. The monoisotopic (exact) mass is 497 g/mol. The SMILES string of the molecule is [B]c1ccc(C)cc1NC(=O)c1nc[nH]c1C(=O)Nc1nc2ccc(OCCN3CCCCC3)cc2[nH]1. The van der Waals surface area contributed by atoms with Gasteiger partial charge < -0.3 is 20.0 Å². The number of imidazole rings is 2. The second-order valence-corrected chi connectivity index (χ2v) is 9.14. The van der Waals surface area contributed by atoms with Gasteiger partial charge in [-0.05, 0) is 56.6 Å². The predicted molar refractivity (Wildman–Crippen MR) is 143 cm³/mol. The van der Waals surface area contributed by atoms with Crippen molar-refractivity contribution in [3.63, 3.8) is 0 Å². The van der Waals surface area contributed by atoms with Crippen LogP contribution in [-0.4, -0.2) is 70.7 Å². The Hall–Kier alpha value is -4.12. The summed E-state index contributed by atoms with van der Waals surface area (Å²) in [6.07, 6.45) is 5.10. The summed E-state index contributed by atoms with van der Waals surface area (Å²) in [5.41, 5.74) is 3.15. The second-order valence-electron chi connectivity index (χ2n) is 9.14. The van der Waals surface area contributed by atoms with Crippen molar-refractivity contribution >= 4 is 47.8 Å². The third kappa shape index (κ3) is 5.83. The van der Waals surface area contributed by atoms with Gasteiger partial charge in [0.1, 0.15) is 25.9 Å². The molecule has 0 spiro atoms. The van der Waals surface area contributed by atoms with Crippen LogP contribution in [0, 0.1) is 6.92 Å². The Kier molecular flexibility index (Phi) is 7.22. The number of H-pyrrole nitrogens is 2. The average Bonchev–Trinajstić information content (AvgIpc) is 3.54. The molecule has 1 fully saturated rings. The fourth-order valence-corrected chi connectivity index (χ4v) is 4.38. The number of ether oxygens (including phenoxy) is 1. The maximum atomic E-state index is 12.9. The molecular weight excluding hydrogens is 469 g/mol. The first kappa shape index (κ1) is 24.6. The van der Waals surface area contributed by atoms with Crippen molar-refractivity contribution in [3.05, 3.63) is 59.7 Å². The van der Waals surface area contributed by atoms with E-state index in [2.05, 4.69) is 35.5 Å². The van der Waals surface area contributed by atoms with Crippen LogP contribution in [0.3, 0.4) is 0 Å². The molecule has 2 aromatic heterocycles. The summed E-state index contributed by atoms with van der Waals surface area (Å²) in [5.74, 6) is -0.139. The van der Waals surface area contributed by atoms with Crippen LogP contribution in [0.1, 0.15) is 45.8 Å². The summed E-state index contributed by atoms with van der Waals surface area (Å²) in [7, 11) is 5.95. The van der Waals surface area contributed by atoms with E-state index < -0.39 is 11.8 Å². The van der Waals surface area contributed by atoms with Crippen molar-refractivity contribution < 1.29 is 14.3 Å². The van der Waals surface area contributed by atoms with Gasteiger partial charge in [-0.3, -0.25) is 19.8 Å². The van der Waals surface area contributed by atoms with Crippen LogP contribution in [-0.2, 0) is 0 Å². The molecule has 0 bridgehead atoms. The zero-order chi connectivity index (χ0) is 25.8. The van der Waals surface area contributed by atoms with Crippen LogP contribution in [0.4, 0.5) is 11.6 Å². The topological polar surface area (TPSA) is 128 Å². The molecular formula is C26H28BN7O3. The first-order chi connectivity index (χ1) is 18.0. The smallest absolute Gasteiger partial charge is 0.276 e. The molecule has 1 saturated heterocycles. The second kappa shape index (κ2) is 10.9. The number of aromatic nitrogens is 4. The first-order valence-corrected chi connectivity index (χ1v) is 12.3. The van der Waals surface area contributed by atoms with Crippen LogP contribution < -0.4 is 20.8 Å². The summed E-state index contributed by atoms with van der Waals surface area (Å²) in [5, 5.41) is 5.40. The van der Waals surface area contributed by atoms with E-state index in [0.717, 1.165) is 36.5 Å². The number of amides is 2. The molecule has 2 aromatic carbocycles. The maximum absolute atomic E-state index is 12.9. The molecule has 5 rings (SSSR count). The summed E-state index contributed by atoms with van der Waals surface area (Å²) in [4.78, 5) is 42.4. The molecule has 4 aromatic rings. The Bertz CT molecular complexity index is 1420. The van der Waals surface area contributed by atoms with Crippen molar-refractivity contribution in [1.82, 2.24) is 24.8 Å². The Morgan fingerprint density at radius 3 is 2.76 bits per heavy atom. The lowest BCUT2D eigenvalue weighted by molar-refractivity contribution is 0.0985. The Morgan fingerprint density at radius 2 is 1.92 bits per heavy atom. The van der Waals surface area contributed by atoms with E-state index in [0.29, 0.717) is 23.3 Å². The zero-order valence-electron chi connectivity index (χ0n) is 20.6. The number of carbonyl (C=O) groups excluding carboxylic acids is 2. The number of rotatable bonds is 8. The van der Waals surface area contributed by atoms with Gasteiger partial charge in [-0.1, -0.05) is 24.0 Å². The third-order valence-electron chi connectivity index (χ3n) is 6.35. The molecule has 2 radical (unpaired) electrons. The van der Waals surface area contributed by atoms with E-state index in [1.807, 2.05) is 31.2 Å². The number of anilines is 2. The number of nitrogens with one attached hydrogen (secondary N) is 4. The number of benzene rings is 2. The minimum absolute atomic E-state index is 0.00548. The van der Waals surface area contributed by atoms with E-state index in [-0.39, 0.29) is 17.3 Å². The molecule has 0 atom stereocenters.